The lowest BCUT2D eigenvalue weighted by Gasteiger charge is -2.22. The van der Waals surface area contributed by atoms with E-state index in [4.69, 9.17) is 20.9 Å². The van der Waals surface area contributed by atoms with Crippen molar-refractivity contribution >= 4 is 29.5 Å². The highest BCUT2D eigenvalue weighted by molar-refractivity contribution is 6.30. The first-order valence-electron chi connectivity index (χ1n) is 8.76. The number of rotatable bonds is 7. The van der Waals surface area contributed by atoms with Crippen LogP contribution in [-0.4, -0.2) is 45.0 Å². The minimum atomic E-state index is -0.963. The van der Waals surface area contributed by atoms with Gasteiger partial charge in [-0.25, -0.2) is 4.79 Å². The molecule has 3 rings (SSSR count). The number of nitrogens with zero attached hydrogens (tertiary/aromatic N) is 3. The molecular formula is C18H19ClN4O5. The molecule has 1 aliphatic rings. The van der Waals surface area contributed by atoms with E-state index in [0.717, 1.165) is 4.90 Å². The van der Waals surface area contributed by atoms with Crippen LogP contribution in [0.15, 0.2) is 28.8 Å². The number of hydrogen-bond donors (Lipinski definition) is 1. The third-order valence-corrected chi connectivity index (χ3v) is 4.88. The van der Waals surface area contributed by atoms with Crippen molar-refractivity contribution in [3.8, 4) is 11.4 Å². The van der Waals surface area contributed by atoms with Gasteiger partial charge in [0.15, 0.2) is 6.61 Å². The Balaban J connectivity index is 1.58. The van der Waals surface area contributed by atoms with Gasteiger partial charge in [-0.1, -0.05) is 42.7 Å². The summed E-state index contributed by atoms with van der Waals surface area (Å²) in [4.78, 5) is 41.6. The van der Waals surface area contributed by atoms with Crippen molar-refractivity contribution in [1.82, 2.24) is 20.4 Å². The van der Waals surface area contributed by atoms with E-state index in [1.54, 1.807) is 38.1 Å². The molecule has 1 N–H and O–H groups in total. The largest absolute Gasteiger partial charge is 0.454 e. The van der Waals surface area contributed by atoms with Gasteiger partial charge in [0.25, 0.3) is 11.8 Å². The first kappa shape index (κ1) is 19.8. The summed E-state index contributed by atoms with van der Waals surface area (Å²) in [5.74, 6) is -0.801. The lowest BCUT2D eigenvalue weighted by molar-refractivity contribution is -0.149. The molecule has 0 spiro atoms. The van der Waals surface area contributed by atoms with Gasteiger partial charge in [-0.3, -0.25) is 14.5 Å². The fourth-order valence-electron chi connectivity index (χ4n) is 2.92. The maximum Gasteiger partial charge on any atom is 0.326 e. The zero-order valence-electron chi connectivity index (χ0n) is 15.4. The molecule has 148 valence electrons. The van der Waals surface area contributed by atoms with Crippen LogP contribution in [-0.2, 0) is 20.9 Å². The molecule has 1 aliphatic heterocycles. The smallest absolute Gasteiger partial charge is 0.326 e. The highest BCUT2D eigenvalue weighted by Gasteiger charge is 2.49. The fraction of sp³-hybridized carbons (Fsp3) is 0.389. The van der Waals surface area contributed by atoms with Gasteiger partial charge in [-0.15, -0.1) is 0 Å². The summed E-state index contributed by atoms with van der Waals surface area (Å²) in [5.41, 5.74) is -0.306. The molecule has 0 radical (unpaired) electrons. The zero-order valence-corrected chi connectivity index (χ0v) is 16.2. The third kappa shape index (κ3) is 3.84. The number of esters is 1. The Labute approximate surface area is 166 Å². The molecule has 0 aliphatic carbocycles. The number of carbonyl (C=O) groups excluding carboxylic acids is 3. The van der Waals surface area contributed by atoms with Crippen LogP contribution < -0.4 is 5.32 Å². The van der Waals surface area contributed by atoms with Crippen LogP contribution in [0.25, 0.3) is 11.4 Å². The van der Waals surface area contributed by atoms with E-state index in [2.05, 4.69) is 15.5 Å². The molecule has 2 aromatic rings. The van der Waals surface area contributed by atoms with Crippen molar-refractivity contribution in [2.24, 2.45) is 0 Å². The monoisotopic (exact) mass is 406 g/mol. The standard InChI is InChI=1S/C18H19ClN4O5/c1-3-18(4-2)16(25)23(17(26)21-18)9-14(24)27-10-13-20-15(22-28-13)11-6-5-7-12(19)8-11/h5-8H,3-4,9-10H2,1-2H3,(H,21,26). The predicted octanol–water partition coefficient (Wildman–Crippen LogP) is 2.54. The maximum absolute atomic E-state index is 12.5. The number of hydrogen-bond acceptors (Lipinski definition) is 7. The van der Waals surface area contributed by atoms with Gasteiger partial charge < -0.3 is 14.6 Å². The van der Waals surface area contributed by atoms with Gasteiger partial charge in [0.05, 0.1) is 0 Å². The number of nitrogens with one attached hydrogen (secondary N) is 1. The van der Waals surface area contributed by atoms with Gasteiger partial charge in [0.1, 0.15) is 12.1 Å². The lowest BCUT2D eigenvalue weighted by atomic mass is 9.93. The number of amides is 3. The lowest BCUT2D eigenvalue weighted by Crippen LogP contribution is -2.46. The van der Waals surface area contributed by atoms with Gasteiger partial charge in [-0.2, -0.15) is 4.98 Å². The first-order valence-corrected chi connectivity index (χ1v) is 9.14. The summed E-state index contributed by atoms with van der Waals surface area (Å²) in [6, 6.07) is 6.30. The highest BCUT2D eigenvalue weighted by Crippen LogP contribution is 2.25. The van der Waals surface area contributed by atoms with Crippen LogP contribution in [0.5, 0.6) is 0 Å². The molecule has 3 amide bonds. The Bertz CT molecular complexity index is 909. The number of benzene rings is 1. The van der Waals surface area contributed by atoms with Gasteiger partial charge in [0, 0.05) is 10.6 Å². The quantitative estimate of drug-likeness (QED) is 0.555. The minimum absolute atomic E-state index is 0.0805. The molecule has 1 aromatic heterocycles. The number of carbonyl (C=O) groups is 3. The Hall–Kier alpha value is -2.94. The number of ether oxygens (including phenoxy) is 1. The van der Waals surface area contributed by atoms with Crippen molar-refractivity contribution in [2.75, 3.05) is 6.54 Å². The molecular weight excluding hydrogens is 388 g/mol. The van der Waals surface area contributed by atoms with Crippen molar-refractivity contribution in [1.29, 1.82) is 0 Å². The first-order chi connectivity index (χ1) is 13.4. The van der Waals surface area contributed by atoms with Crippen molar-refractivity contribution < 1.29 is 23.6 Å². The Morgan fingerprint density at radius 3 is 2.71 bits per heavy atom. The molecule has 28 heavy (non-hydrogen) atoms. The molecule has 10 heteroatoms. The molecule has 1 aromatic carbocycles. The molecule has 0 atom stereocenters. The van der Waals surface area contributed by atoms with E-state index < -0.39 is 30.0 Å². The summed E-state index contributed by atoms with van der Waals surface area (Å²) < 4.78 is 10.1. The van der Waals surface area contributed by atoms with E-state index in [9.17, 15) is 14.4 Å². The Morgan fingerprint density at radius 2 is 2.07 bits per heavy atom. The van der Waals surface area contributed by atoms with E-state index in [-0.39, 0.29) is 12.5 Å². The van der Waals surface area contributed by atoms with Crippen LogP contribution in [0, 0.1) is 0 Å². The average molecular weight is 407 g/mol. The number of halogens is 1. The molecule has 1 fully saturated rings. The Morgan fingerprint density at radius 1 is 1.32 bits per heavy atom. The van der Waals surface area contributed by atoms with Crippen LogP contribution in [0.1, 0.15) is 32.6 Å². The predicted molar refractivity (Wildman–Crippen MR) is 98.1 cm³/mol. The molecule has 1 saturated heterocycles. The van der Waals surface area contributed by atoms with Crippen molar-refractivity contribution in [2.45, 2.75) is 38.8 Å². The summed E-state index contributed by atoms with van der Waals surface area (Å²) in [7, 11) is 0. The van der Waals surface area contributed by atoms with E-state index in [1.165, 1.54) is 0 Å². The van der Waals surface area contributed by atoms with E-state index >= 15 is 0 Å². The van der Waals surface area contributed by atoms with Crippen molar-refractivity contribution in [3.63, 3.8) is 0 Å². The molecule has 0 saturated carbocycles. The normalized spacial score (nSPS) is 15.6. The third-order valence-electron chi connectivity index (χ3n) is 4.65. The van der Waals surface area contributed by atoms with Gasteiger partial charge in [0.2, 0.25) is 5.82 Å². The highest BCUT2D eigenvalue weighted by atomic mass is 35.5. The molecule has 0 bridgehead atoms. The average Bonchev–Trinajstić information content (AvgIpc) is 3.25. The Kier molecular flexibility index (Phi) is 5.64. The topological polar surface area (TPSA) is 115 Å². The maximum atomic E-state index is 12.5. The summed E-state index contributed by atoms with van der Waals surface area (Å²) >= 11 is 5.93. The zero-order chi connectivity index (χ0) is 20.3. The summed E-state index contributed by atoms with van der Waals surface area (Å²) in [6.45, 7) is 2.84. The van der Waals surface area contributed by atoms with Crippen LogP contribution in [0.2, 0.25) is 5.02 Å². The van der Waals surface area contributed by atoms with Crippen molar-refractivity contribution in [3.05, 3.63) is 35.2 Å². The minimum Gasteiger partial charge on any atom is -0.454 e. The number of imide groups is 1. The number of aromatic nitrogens is 2. The second kappa shape index (κ2) is 7.97. The summed E-state index contributed by atoms with van der Waals surface area (Å²) in [5, 5.41) is 6.99. The van der Waals surface area contributed by atoms with Crippen LogP contribution in [0.4, 0.5) is 4.79 Å². The van der Waals surface area contributed by atoms with Gasteiger partial charge in [-0.05, 0) is 25.0 Å². The second-order valence-corrected chi connectivity index (χ2v) is 6.73. The molecule has 2 heterocycles. The fourth-order valence-corrected chi connectivity index (χ4v) is 3.11. The number of urea groups is 1. The SMILES string of the molecule is CCC1(CC)NC(=O)N(CC(=O)OCc2nc(-c3cccc(Cl)c3)no2)C1=O. The van der Waals surface area contributed by atoms with E-state index in [1.807, 2.05) is 0 Å². The second-order valence-electron chi connectivity index (χ2n) is 6.29. The van der Waals surface area contributed by atoms with Crippen LogP contribution >= 0.6 is 11.6 Å². The summed E-state index contributed by atoms with van der Waals surface area (Å²) in [6.07, 6.45) is 0.877. The molecule has 0 unspecified atom stereocenters. The van der Waals surface area contributed by atoms with Crippen LogP contribution in [0.3, 0.4) is 0 Å². The van der Waals surface area contributed by atoms with Gasteiger partial charge >= 0.3 is 12.0 Å². The molecule has 9 nitrogen and oxygen atoms in total. The van der Waals surface area contributed by atoms with E-state index in [0.29, 0.717) is 29.3 Å².